The Labute approximate surface area is 182 Å². The Kier molecular flexibility index (Phi) is 8.02. The quantitative estimate of drug-likeness (QED) is 0.529. The molecule has 1 amide bonds. The first-order chi connectivity index (χ1) is 13.4. The third kappa shape index (κ3) is 5.26. The zero-order valence-corrected chi connectivity index (χ0v) is 19.2. The average molecular weight is 434 g/mol. The van der Waals surface area contributed by atoms with Gasteiger partial charge >= 0.3 is 0 Å². The van der Waals surface area contributed by atoms with Crippen molar-refractivity contribution in [3.63, 3.8) is 0 Å². The molecule has 3 rings (SSSR count). The molecule has 7 heteroatoms. The first-order valence-corrected chi connectivity index (χ1v) is 10.3. The number of aryl methyl sites for hydroxylation is 2. The molecule has 0 unspecified atom stereocenters. The Morgan fingerprint density at radius 3 is 2.59 bits per heavy atom. The maximum absolute atomic E-state index is 13.5. The maximum Gasteiger partial charge on any atom is 0.260 e. The van der Waals surface area contributed by atoms with E-state index in [-0.39, 0.29) is 18.3 Å². The van der Waals surface area contributed by atoms with E-state index in [1.165, 1.54) is 11.3 Å². The second kappa shape index (κ2) is 10.1. The van der Waals surface area contributed by atoms with Gasteiger partial charge in [-0.25, -0.2) is 4.98 Å². The van der Waals surface area contributed by atoms with Crippen molar-refractivity contribution in [2.24, 2.45) is 0 Å². The molecule has 0 spiro atoms. The molecule has 2 aromatic carbocycles. The fraction of sp³-hybridized carbons (Fsp3) is 0.364. The van der Waals surface area contributed by atoms with Gasteiger partial charge in [0, 0.05) is 18.7 Å². The monoisotopic (exact) mass is 433 g/mol. The Bertz CT molecular complexity index is 987. The van der Waals surface area contributed by atoms with E-state index < -0.39 is 0 Å². The summed E-state index contributed by atoms with van der Waals surface area (Å²) in [7, 11) is 4.01. The molecule has 0 fully saturated rings. The lowest BCUT2D eigenvalue weighted by Gasteiger charge is -2.23. The fourth-order valence-corrected chi connectivity index (χ4v) is 4.00. The van der Waals surface area contributed by atoms with Gasteiger partial charge in [-0.15, -0.1) is 12.4 Å². The Morgan fingerprint density at radius 1 is 1.14 bits per heavy atom. The van der Waals surface area contributed by atoms with Crippen LogP contribution < -0.4 is 9.64 Å². The van der Waals surface area contributed by atoms with Gasteiger partial charge in [0.2, 0.25) is 0 Å². The highest BCUT2D eigenvalue weighted by Gasteiger charge is 2.23. The summed E-state index contributed by atoms with van der Waals surface area (Å²) in [6.07, 6.45) is 0. The average Bonchev–Trinajstić information content (AvgIpc) is 3.08. The zero-order valence-electron chi connectivity index (χ0n) is 17.6. The molecule has 0 N–H and O–H groups in total. The molecule has 0 aliphatic rings. The minimum Gasteiger partial charge on any atom is -0.492 e. The summed E-state index contributed by atoms with van der Waals surface area (Å²) in [5, 5.41) is 0.704. The van der Waals surface area contributed by atoms with Crippen molar-refractivity contribution >= 4 is 45.0 Å². The largest absolute Gasteiger partial charge is 0.492 e. The zero-order chi connectivity index (χ0) is 20.3. The number of ether oxygens (including phenoxy) is 1. The molecule has 1 aromatic heterocycles. The molecular weight excluding hydrogens is 406 g/mol. The molecule has 29 heavy (non-hydrogen) atoms. The van der Waals surface area contributed by atoms with E-state index in [1.54, 1.807) is 4.90 Å². The van der Waals surface area contributed by atoms with Crippen molar-refractivity contribution in [1.82, 2.24) is 9.88 Å². The van der Waals surface area contributed by atoms with E-state index in [2.05, 4.69) is 4.90 Å². The first-order valence-electron chi connectivity index (χ1n) is 9.47. The SMILES string of the molecule is CCOc1cccc2sc(N(CCN(C)C)C(=O)c3cc(C)ccc3C)nc12.Cl. The number of thiazole rings is 1. The number of amides is 1. The second-order valence-corrected chi connectivity index (χ2v) is 8.12. The highest BCUT2D eigenvalue weighted by Crippen LogP contribution is 2.35. The summed E-state index contributed by atoms with van der Waals surface area (Å²) in [6, 6.07) is 11.9. The highest BCUT2D eigenvalue weighted by molar-refractivity contribution is 7.22. The van der Waals surface area contributed by atoms with Gasteiger partial charge in [-0.1, -0.05) is 35.1 Å². The molecule has 5 nitrogen and oxygen atoms in total. The molecular formula is C22H28ClN3O2S. The topological polar surface area (TPSA) is 45.7 Å². The molecule has 0 atom stereocenters. The number of para-hydroxylation sites is 1. The minimum absolute atomic E-state index is 0. The van der Waals surface area contributed by atoms with Crippen molar-refractivity contribution in [2.75, 3.05) is 38.7 Å². The molecule has 0 aliphatic carbocycles. The number of carbonyl (C=O) groups is 1. The van der Waals surface area contributed by atoms with Gasteiger partial charge in [-0.3, -0.25) is 9.69 Å². The number of benzene rings is 2. The Balaban J connectivity index is 0.00000300. The van der Waals surface area contributed by atoms with Gasteiger partial charge in [0.05, 0.1) is 11.3 Å². The number of likely N-dealkylation sites (N-methyl/N-ethyl adjacent to an activating group) is 1. The van der Waals surface area contributed by atoms with Crippen LogP contribution in [0, 0.1) is 13.8 Å². The summed E-state index contributed by atoms with van der Waals surface area (Å²) >= 11 is 1.53. The van der Waals surface area contributed by atoms with Crippen molar-refractivity contribution in [1.29, 1.82) is 0 Å². The van der Waals surface area contributed by atoms with Crippen LogP contribution in [0.25, 0.3) is 10.2 Å². The van der Waals surface area contributed by atoms with E-state index in [0.717, 1.165) is 39.2 Å². The van der Waals surface area contributed by atoms with Crippen LogP contribution in [0.3, 0.4) is 0 Å². The molecule has 0 aliphatic heterocycles. The normalized spacial score (nSPS) is 10.8. The van der Waals surface area contributed by atoms with Crippen LogP contribution in [0.15, 0.2) is 36.4 Å². The molecule has 0 saturated carbocycles. The van der Waals surface area contributed by atoms with Gasteiger partial charge in [-0.2, -0.15) is 0 Å². The van der Waals surface area contributed by atoms with Crippen molar-refractivity contribution < 1.29 is 9.53 Å². The van der Waals surface area contributed by atoms with Crippen molar-refractivity contribution in [2.45, 2.75) is 20.8 Å². The van der Waals surface area contributed by atoms with E-state index >= 15 is 0 Å². The highest BCUT2D eigenvalue weighted by atomic mass is 35.5. The summed E-state index contributed by atoms with van der Waals surface area (Å²) in [6.45, 7) is 7.85. The number of hydrogen-bond donors (Lipinski definition) is 0. The van der Waals surface area contributed by atoms with E-state index in [9.17, 15) is 4.79 Å². The molecule has 3 aromatic rings. The van der Waals surface area contributed by atoms with Crippen LogP contribution in [0.4, 0.5) is 5.13 Å². The van der Waals surface area contributed by atoms with Crippen LogP contribution in [0.1, 0.15) is 28.4 Å². The second-order valence-electron chi connectivity index (χ2n) is 7.11. The van der Waals surface area contributed by atoms with Gasteiger partial charge < -0.3 is 9.64 Å². The number of fused-ring (bicyclic) bond motifs is 1. The minimum atomic E-state index is -0.0138. The van der Waals surface area contributed by atoms with Crippen LogP contribution >= 0.6 is 23.7 Å². The number of rotatable bonds is 7. The van der Waals surface area contributed by atoms with Crippen LogP contribution in [0.5, 0.6) is 5.75 Å². The smallest absolute Gasteiger partial charge is 0.260 e. The van der Waals surface area contributed by atoms with E-state index in [1.807, 2.05) is 71.3 Å². The third-order valence-electron chi connectivity index (χ3n) is 4.54. The summed E-state index contributed by atoms with van der Waals surface area (Å²) in [5.41, 5.74) is 3.59. The van der Waals surface area contributed by atoms with Crippen LogP contribution in [-0.4, -0.2) is 49.6 Å². The number of nitrogens with zero attached hydrogens (tertiary/aromatic N) is 3. The molecule has 1 heterocycles. The summed E-state index contributed by atoms with van der Waals surface area (Å²) in [4.78, 5) is 22.1. The predicted octanol–water partition coefficient (Wildman–Crippen LogP) is 4.94. The van der Waals surface area contributed by atoms with Crippen molar-refractivity contribution in [3.05, 3.63) is 53.1 Å². The Morgan fingerprint density at radius 2 is 1.90 bits per heavy atom. The Hall–Kier alpha value is -2.15. The van der Waals surface area contributed by atoms with Gasteiger partial charge in [0.25, 0.3) is 5.91 Å². The van der Waals surface area contributed by atoms with Crippen molar-refractivity contribution in [3.8, 4) is 5.75 Å². The van der Waals surface area contributed by atoms with Gasteiger partial charge in [0.15, 0.2) is 5.13 Å². The fourth-order valence-electron chi connectivity index (χ4n) is 2.99. The number of hydrogen-bond acceptors (Lipinski definition) is 5. The molecule has 0 bridgehead atoms. The lowest BCUT2D eigenvalue weighted by molar-refractivity contribution is 0.0984. The van der Waals surface area contributed by atoms with Gasteiger partial charge in [0.1, 0.15) is 11.3 Å². The number of carbonyl (C=O) groups excluding carboxylic acids is 1. The van der Waals surface area contributed by atoms with Crippen LogP contribution in [-0.2, 0) is 0 Å². The first kappa shape index (κ1) is 23.1. The molecule has 0 saturated heterocycles. The molecule has 0 radical (unpaired) electrons. The summed E-state index contributed by atoms with van der Waals surface area (Å²) in [5.74, 6) is 0.745. The van der Waals surface area contributed by atoms with E-state index in [0.29, 0.717) is 18.3 Å². The number of anilines is 1. The van der Waals surface area contributed by atoms with Gasteiger partial charge in [-0.05, 0) is 58.6 Å². The third-order valence-corrected chi connectivity index (χ3v) is 5.58. The lowest BCUT2D eigenvalue weighted by Crippen LogP contribution is -2.37. The maximum atomic E-state index is 13.5. The molecule has 156 valence electrons. The lowest BCUT2D eigenvalue weighted by atomic mass is 10.0. The number of halogens is 1. The van der Waals surface area contributed by atoms with Crippen LogP contribution in [0.2, 0.25) is 0 Å². The predicted molar refractivity (Wildman–Crippen MR) is 124 cm³/mol. The summed E-state index contributed by atoms with van der Waals surface area (Å²) < 4.78 is 6.74. The standard InChI is InChI=1S/C22H27N3O2S.ClH/c1-6-27-18-8-7-9-19-20(18)23-22(28-19)25(13-12-24(4)5)21(26)17-14-15(2)10-11-16(17)3;/h7-11,14H,6,12-13H2,1-5H3;1H. The number of aromatic nitrogens is 1. The van der Waals surface area contributed by atoms with E-state index in [4.69, 9.17) is 9.72 Å².